The maximum Gasteiger partial charge on any atom is 0.322 e. The van der Waals surface area contributed by atoms with Crippen LogP contribution in [0.3, 0.4) is 0 Å². The fourth-order valence-corrected chi connectivity index (χ4v) is 5.16. The normalized spacial score (nSPS) is 16.1. The predicted molar refractivity (Wildman–Crippen MR) is 146 cm³/mol. The van der Waals surface area contributed by atoms with Gasteiger partial charge in [-0.15, -0.1) is 0 Å². The molecule has 1 atom stereocenters. The molecule has 0 saturated heterocycles. The minimum Gasteiger partial charge on any atom is -0.316 e. The van der Waals surface area contributed by atoms with Crippen molar-refractivity contribution in [2.75, 3.05) is 16.8 Å². The van der Waals surface area contributed by atoms with Crippen molar-refractivity contribution in [1.82, 2.24) is 9.47 Å². The van der Waals surface area contributed by atoms with E-state index in [2.05, 4.69) is 9.88 Å². The van der Waals surface area contributed by atoms with Gasteiger partial charge in [-0.3, -0.25) is 9.69 Å². The second-order valence-electron chi connectivity index (χ2n) is 9.66. The number of aromatic nitrogens is 1. The van der Waals surface area contributed by atoms with E-state index in [0.717, 1.165) is 41.0 Å². The van der Waals surface area contributed by atoms with Crippen LogP contribution in [0.4, 0.5) is 16.2 Å². The Morgan fingerprint density at radius 2 is 1.62 bits per heavy atom. The molecule has 1 aromatic heterocycles. The molecule has 3 amide bonds. The number of hydrogen-bond donors (Lipinski definition) is 1. The van der Waals surface area contributed by atoms with Gasteiger partial charge >= 0.3 is 6.03 Å². The van der Waals surface area contributed by atoms with E-state index in [1.54, 1.807) is 4.90 Å². The third-order valence-electron chi connectivity index (χ3n) is 7.03. The lowest BCUT2D eigenvalue weighted by Crippen LogP contribution is -2.48. The van der Waals surface area contributed by atoms with Gasteiger partial charge in [0.15, 0.2) is 0 Å². The Labute approximate surface area is 221 Å². The van der Waals surface area contributed by atoms with Crippen LogP contribution in [0.2, 0.25) is 5.02 Å². The molecule has 1 fully saturated rings. The van der Waals surface area contributed by atoms with E-state index in [-0.39, 0.29) is 30.6 Å². The van der Waals surface area contributed by atoms with Crippen molar-refractivity contribution in [1.29, 1.82) is 0 Å². The lowest BCUT2D eigenvalue weighted by atomic mass is 9.97. The molecule has 7 heteroatoms. The van der Waals surface area contributed by atoms with E-state index >= 15 is 0 Å². The fourth-order valence-electron chi connectivity index (χ4n) is 5.03. The first-order chi connectivity index (χ1) is 18.0. The number of nitrogens with one attached hydrogen (secondary N) is 1. The summed E-state index contributed by atoms with van der Waals surface area (Å²) in [4.78, 5) is 31.0. The van der Waals surface area contributed by atoms with Crippen LogP contribution >= 0.6 is 11.6 Å². The Morgan fingerprint density at radius 3 is 2.32 bits per heavy atom. The van der Waals surface area contributed by atoms with Crippen LogP contribution in [0.5, 0.6) is 0 Å². The van der Waals surface area contributed by atoms with Crippen molar-refractivity contribution in [3.05, 3.63) is 113 Å². The summed E-state index contributed by atoms with van der Waals surface area (Å²) in [5.41, 5.74) is 5.52. The summed E-state index contributed by atoms with van der Waals surface area (Å²) < 4.78 is 2.13. The first-order valence-electron chi connectivity index (χ1n) is 12.5. The van der Waals surface area contributed by atoms with Crippen LogP contribution in [0, 0.1) is 6.92 Å². The molecule has 1 aliphatic heterocycles. The number of urea groups is 1. The summed E-state index contributed by atoms with van der Waals surface area (Å²) in [5, 5.41) is 3.62. The minimum atomic E-state index is -0.351. The maximum absolute atomic E-state index is 14.2. The van der Waals surface area contributed by atoms with E-state index in [1.165, 1.54) is 0 Å². The van der Waals surface area contributed by atoms with Gasteiger partial charge in [0, 0.05) is 22.9 Å². The second kappa shape index (κ2) is 9.45. The molecule has 1 aliphatic carbocycles. The molecule has 4 aromatic rings. The molecule has 37 heavy (non-hydrogen) atoms. The lowest BCUT2D eigenvalue weighted by Gasteiger charge is -2.39. The number of nitrogens with zero attached hydrogens (tertiary/aromatic N) is 3. The molecular weight excluding hydrogens is 484 g/mol. The summed E-state index contributed by atoms with van der Waals surface area (Å²) in [5.74, 6) is -0.134. The van der Waals surface area contributed by atoms with Crippen molar-refractivity contribution < 1.29 is 9.59 Å². The topological polar surface area (TPSA) is 57.6 Å². The molecule has 0 spiro atoms. The number of hydrogen-bond acceptors (Lipinski definition) is 2. The van der Waals surface area contributed by atoms with Crippen LogP contribution in [-0.2, 0) is 4.79 Å². The highest BCUT2D eigenvalue weighted by atomic mass is 35.5. The third kappa shape index (κ3) is 4.49. The van der Waals surface area contributed by atoms with Gasteiger partial charge in [0.25, 0.3) is 0 Å². The zero-order valence-corrected chi connectivity index (χ0v) is 21.2. The zero-order valence-electron chi connectivity index (χ0n) is 20.5. The van der Waals surface area contributed by atoms with Gasteiger partial charge in [-0.1, -0.05) is 53.6 Å². The average molecular weight is 511 g/mol. The Hall–Kier alpha value is -4.03. The number of halogens is 1. The van der Waals surface area contributed by atoms with Crippen LogP contribution in [0.15, 0.2) is 91.1 Å². The summed E-state index contributed by atoms with van der Waals surface area (Å²) in [6, 6.07) is 26.7. The smallest absolute Gasteiger partial charge is 0.316 e. The number of carbonyl (C=O) groups excluding carboxylic acids is 2. The van der Waals surface area contributed by atoms with Gasteiger partial charge in [-0.25, -0.2) is 4.79 Å². The van der Waals surface area contributed by atoms with Crippen molar-refractivity contribution in [3.63, 3.8) is 0 Å². The van der Waals surface area contributed by atoms with E-state index in [4.69, 9.17) is 11.6 Å². The summed E-state index contributed by atoms with van der Waals surface area (Å²) in [6.45, 7) is 1.99. The number of carbonyl (C=O) groups is 2. The summed E-state index contributed by atoms with van der Waals surface area (Å²) >= 11 is 6.19. The first-order valence-corrected chi connectivity index (χ1v) is 12.9. The highest BCUT2D eigenvalue weighted by Crippen LogP contribution is 2.42. The Kier molecular flexibility index (Phi) is 5.97. The quantitative estimate of drug-likeness (QED) is 0.330. The Balaban J connectivity index is 1.35. The van der Waals surface area contributed by atoms with E-state index < -0.39 is 0 Å². The molecule has 6 nitrogen and oxygen atoms in total. The predicted octanol–water partition coefficient (Wildman–Crippen LogP) is 6.57. The molecule has 6 rings (SSSR count). The number of amides is 3. The lowest BCUT2D eigenvalue weighted by molar-refractivity contribution is -0.119. The number of fused-ring (bicyclic) bond motifs is 3. The van der Waals surface area contributed by atoms with Gasteiger partial charge in [0.05, 0.1) is 17.1 Å². The SMILES string of the molecule is Cc1ccc(NC(=O)N(CC(=O)N2c3ccccc3-n3cccc3C2c2ccc(Cl)cc2)C2CC2)cc1. The number of anilines is 2. The van der Waals surface area contributed by atoms with Gasteiger partial charge in [-0.2, -0.15) is 0 Å². The van der Waals surface area contributed by atoms with E-state index in [9.17, 15) is 9.59 Å². The Morgan fingerprint density at radius 1 is 0.919 bits per heavy atom. The molecule has 1 N–H and O–H groups in total. The molecule has 2 aliphatic rings. The van der Waals surface area contributed by atoms with Gasteiger partial charge in [0.2, 0.25) is 5.91 Å². The summed E-state index contributed by atoms with van der Waals surface area (Å²) in [7, 11) is 0. The number of para-hydroxylation sites is 2. The van der Waals surface area contributed by atoms with E-state index in [0.29, 0.717) is 10.7 Å². The van der Waals surface area contributed by atoms with Gasteiger partial charge in [-0.05, 0) is 73.9 Å². The molecule has 186 valence electrons. The minimum absolute atomic E-state index is 0.0124. The molecule has 0 bridgehead atoms. The molecular formula is C30H27ClN4O2. The third-order valence-corrected chi connectivity index (χ3v) is 7.28. The molecule has 3 aromatic carbocycles. The van der Waals surface area contributed by atoms with Crippen LogP contribution < -0.4 is 10.2 Å². The van der Waals surface area contributed by atoms with Crippen molar-refractivity contribution in [2.45, 2.75) is 31.8 Å². The maximum atomic E-state index is 14.2. The molecule has 1 saturated carbocycles. The molecule has 1 unspecified atom stereocenters. The van der Waals surface area contributed by atoms with Crippen molar-refractivity contribution in [3.8, 4) is 5.69 Å². The zero-order chi connectivity index (χ0) is 25.5. The van der Waals surface area contributed by atoms with Crippen molar-refractivity contribution >= 4 is 34.9 Å². The standard InChI is InChI=1S/C30H27ClN4O2/c1-20-8-14-23(15-9-20)32-30(37)34(24-16-17-24)19-28(36)35-26-6-3-2-5-25(26)33-18-4-7-27(33)29(35)21-10-12-22(31)13-11-21/h2-15,18,24,29H,16-17,19H2,1H3,(H,32,37). The first kappa shape index (κ1) is 23.4. The van der Waals surface area contributed by atoms with Crippen molar-refractivity contribution in [2.24, 2.45) is 0 Å². The second-order valence-corrected chi connectivity index (χ2v) is 10.1. The van der Waals surface area contributed by atoms with Crippen LogP contribution in [0.1, 0.15) is 35.7 Å². The van der Waals surface area contributed by atoms with Gasteiger partial charge in [0.1, 0.15) is 12.6 Å². The summed E-state index contributed by atoms with van der Waals surface area (Å²) in [6.07, 6.45) is 3.81. The highest BCUT2D eigenvalue weighted by molar-refractivity contribution is 6.30. The highest BCUT2D eigenvalue weighted by Gasteiger charge is 2.40. The number of rotatable bonds is 5. The average Bonchev–Trinajstić information content (AvgIpc) is 3.63. The van der Waals surface area contributed by atoms with Gasteiger partial charge < -0.3 is 14.8 Å². The molecule has 2 heterocycles. The number of benzene rings is 3. The largest absolute Gasteiger partial charge is 0.322 e. The van der Waals surface area contributed by atoms with Crippen LogP contribution in [-0.4, -0.2) is 34.0 Å². The number of aryl methyl sites for hydroxylation is 1. The van der Waals surface area contributed by atoms with E-state index in [1.807, 2.05) is 103 Å². The van der Waals surface area contributed by atoms with Crippen LogP contribution in [0.25, 0.3) is 5.69 Å². The monoisotopic (exact) mass is 510 g/mol. The fraction of sp³-hybridized carbons (Fsp3) is 0.200. The molecule has 0 radical (unpaired) electrons. The Bertz CT molecular complexity index is 1460.